The molecule has 0 saturated heterocycles. The van der Waals surface area contributed by atoms with Crippen molar-refractivity contribution in [3.63, 3.8) is 0 Å². The minimum Gasteiger partial charge on any atom is -0.357 e. The highest BCUT2D eigenvalue weighted by Gasteiger charge is 2.08. The van der Waals surface area contributed by atoms with Crippen LogP contribution in [0, 0.1) is 0 Å². The van der Waals surface area contributed by atoms with Gasteiger partial charge in [-0.25, -0.2) is 0 Å². The summed E-state index contributed by atoms with van der Waals surface area (Å²) in [6.07, 6.45) is 3.13. The summed E-state index contributed by atoms with van der Waals surface area (Å²) in [5, 5.41) is 7.74. The number of benzene rings is 1. The predicted molar refractivity (Wildman–Crippen MR) is 127 cm³/mol. The molecule has 0 aliphatic rings. The molecule has 2 aromatic rings. The third-order valence-corrected chi connectivity index (χ3v) is 4.46. The van der Waals surface area contributed by atoms with Gasteiger partial charge in [0.2, 0.25) is 5.91 Å². The number of para-hydroxylation sites is 1. The number of hydrogen-bond acceptors (Lipinski definition) is 3. The van der Waals surface area contributed by atoms with Crippen LogP contribution < -0.4 is 10.6 Å². The summed E-state index contributed by atoms with van der Waals surface area (Å²) < 4.78 is 0. The van der Waals surface area contributed by atoms with Crippen molar-refractivity contribution in [3.8, 4) is 0 Å². The summed E-state index contributed by atoms with van der Waals surface area (Å²) in [7, 11) is 0. The van der Waals surface area contributed by atoms with Gasteiger partial charge < -0.3 is 15.5 Å². The van der Waals surface area contributed by atoms with Gasteiger partial charge in [0.15, 0.2) is 5.96 Å². The normalized spacial score (nSPS) is 11.0. The lowest BCUT2D eigenvalue weighted by molar-refractivity contribution is -0.130. The van der Waals surface area contributed by atoms with E-state index in [-0.39, 0.29) is 29.9 Å². The van der Waals surface area contributed by atoms with Gasteiger partial charge in [0.1, 0.15) is 0 Å². The Morgan fingerprint density at radius 1 is 1.11 bits per heavy atom. The topological polar surface area (TPSA) is 69.6 Å². The number of halogens is 1. The van der Waals surface area contributed by atoms with Gasteiger partial charge in [-0.2, -0.15) is 0 Å². The summed E-state index contributed by atoms with van der Waals surface area (Å²) in [5.74, 6) is 0.902. The number of aliphatic imine (C=N–C) groups is 1. The van der Waals surface area contributed by atoms with Crippen LogP contribution >= 0.6 is 24.0 Å². The number of guanidine groups is 1. The first-order valence-corrected chi connectivity index (χ1v) is 9.82. The van der Waals surface area contributed by atoms with E-state index in [1.165, 1.54) is 5.56 Å². The summed E-state index contributed by atoms with van der Waals surface area (Å²) in [4.78, 5) is 22.9. The van der Waals surface area contributed by atoms with Crippen LogP contribution in [-0.4, -0.2) is 54.5 Å². The van der Waals surface area contributed by atoms with E-state index in [9.17, 15) is 4.79 Å². The highest BCUT2D eigenvalue weighted by Crippen LogP contribution is 2.15. The first kappa shape index (κ1) is 24.1. The smallest absolute Gasteiger partial charge is 0.224 e. The summed E-state index contributed by atoms with van der Waals surface area (Å²) in [5.41, 5.74) is 2.27. The maximum atomic E-state index is 12.1. The highest BCUT2D eigenvalue weighted by molar-refractivity contribution is 14.0. The fourth-order valence-corrected chi connectivity index (χ4v) is 3.02. The van der Waals surface area contributed by atoms with E-state index < -0.39 is 0 Å². The first-order chi connectivity index (χ1) is 13.2. The SMILES string of the molecule is CCNC(=NCCC(=O)N(CC)CC)NCCc1cccc2cccnc12.I. The van der Waals surface area contributed by atoms with Gasteiger partial charge in [0.05, 0.1) is 12.1 Å². The van der Waals surface area contributed by atoms with Crippen LogP contribution in [0.1, 0.15) is 32.8 Å². The maximum Gasteiger partial charge on any atom is 0.224 e. The fraction of sp³-hybridized carbons (Fsp3) is 0.476. The molecule has 1 aromatic carbocycles. The molecular weight excluding hydrogens is 465 g/mol. The molecule has 1 amide bonds. The Morgan fingerprint density at radius 2 is 1.86 bits per heavy atom. The molecule has 0 aliphatic carbocycles. The molecule has 0 atom stereocenters. The van der Waals surface area contributed by atoms with Gasteiger partial charge >= 0.3 is 0 Å². The third-order valence-electron chi connectivity index (χ3n) is 4.46. The number of aromatic nitrogens is 1. The number of carbonyl (C=O) groups excluding carboxylic acids is 1. The van der Waals surface area contributed by atoms with Crippen molar-refractivity contribution in [2.45, 2.75) is 33.6 Å². The molecule has 0 spiro atoms. The number of carbonyl (C=O) groups is 1. The van der Waals surface area contributed by atoms with Crippen molar-refractivity contribution < 1.29 is 4.79 Å². The van der Waals surface area contributed by atoms with Gasteiger partial charge in [0.25, 0.3) is 0 Å². The minimum atomic E-state index is 0. The average molecular weight is 497 g/mol. The van der Waals surface area contributed by atoms with Crippen molar-refractivity contribution >= 4 is 46.7 Å². The van der Waals surface area contributed by atoms with E-state index in [2.05, 4.69) is 44.9 Å². The van der Waals surface area contributed by atoms with Crippen molar-refractivity contribution in [3.05, 3.63) is 42.1 Å². The Hall–Kier alpha value is -1.90. The van der Waals surface area contributed by atoms with Crippen molar-refractivity contribution in [2.24, 2.45) is 4.99 Å². The van der Waals surface area contributed by atoms with Crippen molar-refractivity contribution in [1.29, 1.82) is 0 Å². The summed E-state index contributed by atoms with van der Waals surface area (Å²) in [6.45, 7) is 9.55. The molecule has 6 nitrogen and oxygen atoms in total. The second-order valence-corrected chi connectivity index (χ2v) is 6.25. The Balaban J connectivity index is 0.00000392. The van der Waals surface area contributed by atoms with Gasteiger partial charge in [-0.3, -0.25) is 14.8 Å². The number of nitrogens with one attached hydrogen (secondary N) is 2. The zero-order valence-corrected chi connectivity index (χ0v) is 19.4. The summed E-state index contributed by atoms with van der Waals surface area (Å²) in [6, 6.07) is 10.3. The Morgan fingerprint density at radius 3 is 2.57 bits per heavy atom. The standard InChI is InChI=1S/C21H31N5O.HI/c1-4-22-21(25-16-13-19(27)26(5-2)6-3)24-15-12-18-10-7-9-17-11-8-14-23-20(17)18;/h7-11,14H,4-6,12-13,15-16H2,1-3H3,(H2,22,24,25);1H. The van der Waals surface area contributed by atoms with Gasteiger partial charge in [0, 0.05) is 44.2 Å². The predicted octanol–water partition coefficient (Wildman–Crippen LogP) is 3.21. The van der Waals surface area contributed by atoms with Crippen LogP contribution in [0.15, 0.2) is 41.5 Å². The molecule has 2 N–H and O–H groups in total. The monoisotopic (exact) mass is 497 g/mol. The van der Waals surface area contributed by atoms with Crippen LogP contribution in [0.3, 0.4) is 0 Å². The molecule has 0 bridgehead atoms. The number of fused-ring (bicyclic) bond motifs is 1. The third kappa shape index (κ3) is 7.26. The molecule has 0 saturated carbocycles. The average Bonchev–Trinajstić information content (AvgIpc) is 2.69. The van der Waals surface area contributed by atoms with E-state index in [1.54, 1.807) is 0 Å². The molecule has 0 radical (unpaired) electrons. The Labute approximate surface area is 185 Å². The maximum absolute atomic E-state index is 12.1. The molecule has 0 fully saturated rings. The molecule has 28 heavy (non-hydrogen) atoms. The molecule has 1 heterocycles. The lowest BCUT2D eigenvalue weighted by Gasteiger charge is -2.18. The Bertz CT molecular complexity index is 756. The first-order valence-electron chi connectivity index (χ1n) is 9.82. The van der Waals surface area contributed by atoms with Crippen LogP contribution in [0.25, 0.3) is 10.9 Å². The van der Waals surface area contributed by atoms with Gasteiger partial charge in [-0.15, -0.1) is 24.0 Å². The van der Waals surface area contributed by atoms with Crippen LogP contribution in [0.5, 0.6) is 0 Å². The lowest BCUT2D eigenvalue weighted by Crippen LogP contribution is -2.38. The van der Waals surface area contributed by atoms with E-state index >= 15 is 0 Å². The molecule has 0 aliphatic heterocycles. The van der Waals surface area contributed by atoms with E-state index in [0.717, 1.165) is 49.5 Å². The van der Waals surface area contributed by atoms with Crippen LogP contribution in [-0.2, 0) is 11.2 Å². The van der Waals surface area contributed by atoms with Crippen LogP contribution in [0.2, 0.25) is 0 Å². The highest BCUT2D eigenvalue weighted by atomic mass is 127. The van der Waals surface area contributed by atoms with Gasteiger partial charge in [-0.05, 0) is 38.8 Å². The zero-order valence-electron chi connectivity index (χ0n) is 17.1. The largest absolute Gasteiger partial charge is 0.357 e. The van der Waals surface area contributed by atoms with E-state index in [4.69, 9.17) is 0 Å². The number of nitrogens with zero attached hydrogens (tertiary/aromatic N) is 3. The number of rotatable bonds is 9. The van der Waals surface area contributed by atoms with Crippen molar-refractivity contribution in [2.75, 3.05) is 32.7 Å². The molecule has 2 rings (SSSR count). The lowest BCUT2D eigenvalue weighted by atomic mass is 10.1. The molecule has 0 unspecified atom stereocenters. The van der Waals surface area contributed by atoms with Gasteiger partial charge in [-0.1, -0.05) is 24.3 Å². The number of pyridine rings is 1. The zero-order chi connectivity index (χ0) is 19.5. The molecular formula is C21H32IN5O. The quantitative estimate of drug-likeness (QED) is 0.317. The Kier molecular flexibility index (Phi) is 11.5. The minimum absolute atomic E-state index is 0. The van der Waals surface area contributed by atoms with E-state index in [1.807, 2.05) is 37.9 Å². The molecule has 154 valence electrons. The van der Waals surface area contributed by atoms with E-state index in [0.29, 0.717) is 13.0 Å². The molecule has 7 heteroatoms. The molecule has 1 aromatic heterocycles. The fourth-order valence-electron chi connectivity index (χ4n) is 3.02. The number of amides is 1. The second kappa shape index (κ2) is 13.3. The van der Waals surface area contributed by atoms with Crippen molar-refractivity contribution in [1.82, 2.24) is 20.5 Å². The van der Waals surface area contributed by atoms with Crippen LogP contribution in [0.4, 0.5) is 0 Å². The summed E-state index contributed by atoms with van der Waals surface area (Å²) >= 11 is 0. The second-order valence-electron chi connectivity index (χ2n) is 6.25. The number of hydrogen-bond donors (Lipinski definition) is 2.